The second-order valence-corrected chi connectivity index (χ2v) is 5.85. The summed E-state index contributed by atoms with van der Waals surface area (Å²) in [4.78, 5) is 1.50. The molecule has 0 spiro atoms. The van der Waals surface area contributed by atoms with Gasteiger partial charge in [-0.1, -0.05) is 24.6 Å². The lowest BCUT2D eigenvalue weighted by molar-refractivity contribution is 0.199. The van der Waals surface area contributed by atoms with Gasteiger partial charge in [0, 0.05) is 24.3 Å². The maximum atomic E-state index is 5.00. The van der Waals surface area contributed by atoms with E-state index in [1.54, 1.807) is 12.7 Å². The van der Waals surface area contributed by atoms with E-state index in [0.717, 1.165) is 25.6 Å². The number of hydrogen-bond donors (Lipinski definition) is 1. The van der Waals surface area contributed by atoms with Crippen molar-refractivity contribution in [3.63, 3.8) is 0 Å². The molecule has 3 heteroatoms. The molecule has 0 aliphatic carbocycles. The van der Waals surface area contributed by atoms with E-state index in [1.807, 2.05) is 11.8 Å². The number of benzene rings is 1. The van der Waals surface area contributed by atoms with E-state index in [9.17, 15) is 0 Å². The van der Waals surface area contributed by atoms with Crippen LogP contribution in [0.1, 0.15) is 30.7 Å². The Morgan fingerprint density at radius 3 is 3.06 bits per heavy atom. The number of rotatable bonds is 8. The van der Waals surface area contributed by atoms with Gasteiger partial charge in [-0.3, -0.25) is 0 Å². The smallest absolute Gasteiger partial charge is 0.0587 e. The highest BCUT2D eigenvalue weighted by Crippen LogP contribution is 2.41. The Labute approximate surface area is 114 Å². The number of thioether (sulfide) groups is 1. The van der Waals surface area contributed by atoms with Gasteiger partial charge in [-0.2, -0.15) is 0 Å². The second kappa shape index (κ2) is 7.82. The van der Waals surface area contributed by atoms with Crippen molar-refractivity contribution in [2.24, 2.45) is 0 Å². The second-order valence-electron chi connectivity index (χ2n) is 4.78. The quantitative estimate of drug-likeness (QED) is 0.729. The average Bonchev–Trinajstić information content (AvgIpc) is 2.81. The molecule has 0 bridgehead atoms. The van der Waals surface area contributed by atoms with Gasteiger partial charge in [0.1, 0.15) is 0 Å². The predicted octanol–water partition coefficient (Wildman–Crippen LogP) is 3.28. The van der Waals surface area contributed by atoms with Gasteiger partial charge in [0.15, 0.2) is 0 Å². The number of ether oxygens (including phenoxy) is 1. The highest BCUT2D eigenvalue weighted by molar-refractivity contribution is 7.99. The van der Waals surface area contributed by atoms with Crippen molar-refractivity contribution < 1.29 is 4.74 Å². The van der Waals surface area contributed by atoms with Crippen molar-refractivity contribution in [1.82, 2.24) is 5.32 Å². The Morgan fingerprint density at radius 1 is 1.28 bits per heavy atom. The number of nitrogens with one attached hydrogen (secondary N) is 1. The summed E-state index contributed by atoms with van der Waals surface area (Å²) in [6, 6.07) is 8.88. The zero-order valence-corrected chi connectivity index (χ0v) is 12.0. The summed E-state index contributed by atoms with van der Waals surface area (Å²) in [5, 5.41) is 3.40. The molecule has 2 nitrogen and oxygen atoms in total. The van der Waals surface area contributed by atoms with Crippen LogP contribution in [0.15, 0.2) is 29.2 Å². The fraction of sp³-hybridized carbons (Fsp3) is 0.600. The van der Waals surface area contributed by atoms with E-state index in [2.05, 4.69) is 29.6 Å². The first kappa shape index (κ1) is 13.9. The zero-order valence-electron chi connectivity index (χ0n) is 11.2. The van der Waals surface area contributed by atoms with Gasteiger partial charge < -0.3 is 10.1 Å². The van der Waals surface area contributed by atoms with Crippen molar-refractivity contribution in [1.29, 1.82) is 0 Å². The topological polar surface area (TPSA) is 21.3 Å². The van der Waals surface area contributed by atoms with E-state index in [4.69, 9.17) is 4.74 Å². The Kier molecular flexibility index (Phi) is 6.05. The molecule has 0 fully saturated rings. The molecule has 100 valence electrons. The molecule has 0 saturated carbocycles. The number of fused-ring (bicyclic) bond motifs is 1. The van der Waals surface area contributed by atoms with Gasteiger partial charge >= 0.3 is 0 Å². The summed E-state index contributed by atoms with van der Waals surface area (Å²) in [6.45, 7) is 2.90. The van der Waals surface area contributed by atoms with Gasteiger partial charge in [0.25, 0.3) is 0 Å². The SMILES string of the molecule is COCCNCCCCC1CSc2ccccc21. The summed E-state index contributed by atoms with van der Waals surface area (Å²) in [5.74, 6) is 2.06. The van der Waals surface area contributed by atoms with Gasteiger partial charge in [-0.15, -0.1) is 11.8 Å². The standard InChI is InChI=1S/C15H23NOS/c1-17-11-10-16-9-5-4-6-13-12-18-15-8-3-2-7-14(13)15/h2-3,7-8,13,16H,4-6,9-12H2,1H3. The Bertz CT molecular complexity index is 356. The van der Waals surface area contributed by atoms with Gasteiger partial charge in [-0.05, 0) is 36.9 Å². The van der Waals surface area contributed by atoms with Crippen molar-refractivity contribution in [3.05, 3.63) is 29.8 Å². The summed E-state index contributed by atoms with van der Waals surface area (Å²) in [6.07, 6.45) is 3.92. The van der Waals surface area contributed by atoms with E-state index in [-0.39, 0.29) is 0 Å². The molecule has 0 amide bonds. The lowest BCUT2D eigenvalue weighted by Crippen LogP contribution is -2.20. The fourth-order valence-corrected chi connectivity index (χ4v) is 3.71. The Morgan fingerprint density at radius 2 is 2.17 bits per heavy atom. The molecule has 18 heavy (non-hydrogen) atoms. The van der Waals surface area contributed by atoms with Crippen LogP contribution in [0.3, 0.4) is 0 Å². The maximum Gasteiger partial charge on any atom is 0.0587 e. The lowest BCUT2D eigenvalue weighted by Gasteiger charge is -2.10. The number of methoxy groups -OCH3 is 1. The van der Waals surface area contributed by atoms with Crippen LogP contribution < -0.4 is 5.32 Å². The molecule has 1 N–H and O–H groups in total. The van der Waals surface area contributed by atoms with Gasteiger partial charge in [0.05, 0.1) is 6.61 Å². The maximum absolute atomic E-state index is 5.00. The minimum absolute atomic E-state index is 0.783. The first-order valence-electron chi connectivity index (χ1n) is 6.83. The van der Waals surface area contributed by atoms with Crippen molar-refractivity contribution >= 4 is 11.8 Å². The van der Waals surface area contributed by atoms with Crippen LogP contribution >= 0.6 is 11.8 Å². The molecular formula is C15H23NOS. The third-order valence-electron chi connectivity index (χ3n) is 3.44. The Hall–Kier alpha value is -0.510. The molecule has 1 aromatic carbocycles. The van der Waals surface area contributed by atoms with Crippen LogP contribution in [0.5, 0.6) is 0 Å². The molecule has 0 saturated heterocycles. The highest BCUT2D eigenvalue weighted by Gasteiger charge is 2.21. The molecule has 0 aromatic heterocycles. The minimum Gasteiger partial charge on any atom is -0.383 e. The number of unbranched alkanes of at least 4 members (excludes halogenated alkanes) is 1. The molecule has 1 aromatic rings. The molecular weight excluding hydrogens is 242 g/mol. The molecule has 0 radical (unpaired) electrons. The first-order chi connectivity index (χ1) is 8.92. The normalized spacial score (nSPS) is 17.9. The van der Waals surface area contributed by atoms with Crippen LogP contribution in [0.25, 0.3) is 0 Å². The lowest BCUT2D eigenvalue weighted by atomic mass is 9.95. The van der Waals surface area contributed by atoms with Crippen LogP contribution in [-0.2, 0) is 4.74 Å². The van der Waals surface area contributed by atoms with Crippen LogP contribution in [0, 0.1) is 0 Å². The summed E-state index contributed by atoms with van der Waals surface area (Å²) < 4.78 is 5.00. The summed E-state index contributed by atoms with van der Waals surface area (Å²) >= 11 is 2.02. The fourth-order valence-electron chi connectivity index (χ4n) is 2.41. The van der Waals surface area contributed by atoms with Crippen molar-refractivity contribution in [3.8, 4) is 0 Å². The minimum atomic E-state index is 0.783. The van der Waals surface area contributed by atoms with E-state index < -0.39 is 0 Å². The molecule has 1 atom stereocenters. The summed E-state index contributed by atoms with van der Waals surface area (Å²) in [7, 11) is 1.75. The highest BCUT2D eigenvalue weighted by atomic mass is 32.2. The van der Waals surface area contributed by atoms with E-state index in [0.29, 0.717) is 0 Å². The molecule has 1 unspecified atom stereocenters. The van der Waals surface area contributed by atoms with Crippen molar-refractivity contribution in [2.75, 3.05) is 32.6 Å². The third-order valence-corrected chi connectivity index (χ3v) is 4.69. The van der Waals surface area contributed by atoms with Gasteiger partial charge in [-0.25, -0.2) is 0 Å². The zero-order chi connectivity index (χ0) is 12.6. The molecule has 1 heterocycles. The van der Waals surface area contributed by atoms with Crippen LogP contribution in [-0.4, -0.2) is 32.6 Å². The average molecular weight is 265 g/mol. The molecule has 1 aliphatic heterocycles. The number of hydrogen-bond acceptors (Lipinski definition) is 3. The monoisotopic (exact) mass is 265 g/mol. The summed E-state index contributed by atoms with van der Waals surface area (Å²) in [5.41, 5.74) is 1.58. The van der Waals surface area contributed by atoms with Crippen LogP contribution in [0.2, 0.25) is 0 Å². The molecule has 2 rings (SSSR count). The van der Waals surface area contributed by atoms with E-state index >= 15 is 0 Å². The Balaban J connectivity index is 1.61. The largest absolute Gasteiger partial charge is 0.383 e. The molecule has 1 aliphatic rings. The van der Waals surface area contributed by atoms with Gasteiger partial charge in [0.2, 0.25) is 0 Å². The van der Waals surface area contributed by atoms with Crippen molar-refractivity contribution in [2.45, 2.75) is 30.1 Å². The first-order valence-corrected chi connectivity index (χ1v) is 7.81. The van der Waals surface area contributed by atoms with E-state index in [1.165, 1.54) is 29.9 Å². The predicted molar refractivity (Wildman–Crippen MR) is 78.5 cm³/mol. The third kappa shape index (κ3) is 4.01. The van der Waals surface area contributed by atoms with Crippen LogP contribution in [0.4, 0.5) is 0 Å².